The van der Waals surface area contributed by atoms with E-state index in [4.69, 9.17) is 0 Å². The molecule has 0 bridgehead atoms. The molecule has 0 aromatic carbocycles. The average molecular weight is 275 g/mol. The van der Waals surface area contributed by atoms with Crippen LogP contribution in [0.5, 0.6) is 0 Å². The Balaban J connectivity index is 1.56. The molecule has 0 radical (unpaired) electrons. The maximum atomic E-state index is 12.3. The normalized spacial score (nSPS) is 22.8. The summed E-state index contributed by atoms with van der Waals surface area (Å²) in [5.41, 5.74) is 0. The second-order valence-corrected chi connectivity index (χ2v) is 5.07. The van der Waals surface area contributed by atoms with Crippen molar-refractivity contribution >= 4 is 17.8 Å². The first kappa shape index (κ1) is 12.8. The topological polar surface area (TPSA) is 78.4 Å². The Kier molecular flexibility index (Phi) is 3.49. The number of anilines is 1. The zero-order valence-corrected chi connectivity index (χ0v) is 11.2. The van der Waals surface area contributed by atoms with Gasteiger partial charge in [0.05, 0.1) is 5.92 Å². The molecule has 2 saturated heterocycles. The van der Waals surface area contributed by atoms with Crippen LogP contribution in [0.4, 0.5) is 5.95 Å². The largest absolute Gasteiger partial charge is 0.355 e. The smallest absolute Gasteiger partial charge is 0.228 e. The van der Waals surface area contributed by atoms with Crippen LogP contribution in [0.15, 0.2) is 18.5 Å². The standard InChI is InChI=1S/C13H17N5O2/c19-11-8-10(9-16-11)12(20)17-4-6-18(7-5-17)13-14-2-1-3-15-13/h1-3,10H,4-9H2,(H,16,19). The van der Waals surface area contributed by atoms with E-state index in [9.17, 15) is 9.59 Å². The summed E-state index contributed by atoms with van der Waals surface area (Å²) < 4.78 is 0. The molecule has 2 amide bonds. The van der Waals surface area contributed by atoms with Crippen LogP contribution in [0.2, 0.25) is 0 Å². The van der Waals surface area contributed by atoms with Crippen molar-refractivity contribution in [3.05, 3.63) is 18.5 Å². The third kappa shape index (κ3) is 2.56. The van der Waals surface area contributed by atoms with E-state index >= 15 is 0 Å². The number of nitrogens with zero attached hydrogens (tertiary/aromatic N) is 4. The molecule has 2 aliphatic rings. The lowest BCUT2D eigenvalue weighted by Gasteiger charge is -2.35. The predicted molar refractivity (Wildman–Crippen MR) is 71.9 cm³/mol. The SMILES string of the molecule is O=C1CC(C(=O)N2CCN(c3ncccn3)CC2)CN1. The first-order chi connectivity index (χ1) is 9.74. The molecule has 7 nitrogen and oxygen atoms in total. The average Bonchev–Trinajstić information content (AvgIpc) is 2.94. The summed E-state index contributed by atoms with van der Waals surface area (Å²) in [4.78, 5) is 35.8. The van der Waals surface area contributed by atoms with Gasteiger partial charge in [-0.15, -0.1) is 0 Å². The quantitative estimate of drug-likeness (QED) is 0.769. The van der Waals surface area contributed by atoms with E-state index < -0.39 is 0 Å². The molecule has 0 aliphatic carbocycles. The van der Waals surface area contributed by atoms with E-state index in [0.29, 0.717) is 32.0 Å². The number of amides is 2. The summed E-state index contributed by atoms with van der Waals surface area (Å²) in [6.45, 7) is 3.23. The molecule has 106 valence electrons. The van der Waals surface area contributed by atoms with Crippen LogP contribution in [-0.4, -0.2) is 59.4 Å². The van der Waals surface area contributed by atoms with Gasteiger partial charge >= 0.3 is 0 Å². The Labute approximate surface area is 117 Å². The molecule has 0 spiro atoms. The minimum Gasteiger partial charge on any atom is -0.355 e. The Bertz CT molecular complexity index is 499. The van der Waals surface area contributed by atoms with Crippen LogP contribution in [0.3, 0.4) is 0 Å². The van der Waals surface area contributed by atoms with E-state index in [1.54, 1.807) is 18.5 Å². The van der Waals surface area contributed by atoms with Gasteiger partial charge in [0.1, 0.15) is 0 Å². The summed E-state index contributed by atoms with van der Waals surface area (Å²) in [6.07, 6.45) is 3.76. The van der Waals surface area contributed by atoms with Crippen molar-refractivity contribution in [2.24, 2.45) is 5.92 Å². The summed E-state index contributed by atoms with van der Waals surface area (Å²) in [7, 11) is 0. The number of hydrogen-bond donors (Lipinski definition) is 1. The summed E-state index contributed by atoms with van der Waals surface area (Å²) in [5.74, 6) is 0.566. The Morgan fingerprint density at radius 1 is 1.20 bits per heavy atom. The molecule has 7 heteroatoms. The highest BCUT2D eigenvalue weighted by molar-refractivity contribution is 5.89. The molecule has 1 N–H and O–H groups in total. The fourth-order valence-corrected chi connectivity index (χ4v) is 2.62. The second-order valence-electron chi connectivity index (χ2n) is 5.07. The van der Waals surface area contributed by atoms with Crippen molar-refractivity contribution in [1.29, 1.82) is 0 Å². The van der Waals surface area contributed by atoms with E-state index in [2.05, 4.69) is 20.2 Å². The Hall–Kier alpha value is -2.18. The van der Waals surface area contributed by atoms with Crippen LogP contribution >= 0.6 is 0 Å². The fraction of sp³-hybridized carbons (Fsp3) is 0.538. The summed E-state index contributed by atoms with van der Waals surface area (Å²) in [5, 5.41) is 2.71. The molecule has 20 heavy (non-hydrogen) atoms. The minimum absolute atomic E-state index is 0.0281. The number of carbonyl (C=O) groups excluding carboxylic acids is 2. The summed E-state index contributed by atoms with van der Waals surface area (Å²) in [6, 6.07) is 1.79. The molecule has 0 saturated carbocycles. The molecule has 1 aromatic rings. The van der Waals surface area contributed by atoms with Crippen molar-refractivity contribution in [1.82, 2.24) is 20.2 Å². The van der Waals surface area contributed by atoms with E-state index in [-0.39, 0.29) is 17.7 Å². The highest BCUT2D eigenvalue weighted by atomic mass is 16.2. The molecular weight excluding hydrogens is 258 g/mol. The van der Waals surface area contributed by atoms with Crippen molar-refractivity contribution in [3.63, 3.8) is 0 Å². The molecule has 1 atom stereocenters. The van der Waals surface area contributed by atoms with Gasteiger partial charge in [-0.3, -0.25) is 9.59 Å². The molecule has 3 rings (SSSR count). The molecule has 2 aliphatic heterocycles. The van der Waals surface area contributed by atoms with Gasteiger partial charge in [0.2, 0.25) is 17.8 Å². The highest BCUT2D eigenvalue weighted by Crippen LogP contribution is 2.16. The lowest BCUT2D eigenvalue weighted by molar-refractivity contribution is -0.136. The molecule has 2 fully saturated rings. The van der Waals surface area contributed by atoms with Gasteiger partial charge in [-0.25, -0.2) is 9.97 Å². The highest BCUT2D eigenvalue weighted by Gasteiger charge is 2.32. The van der Waals surface area contributed by atoms with Gasteiger partial charge in [0, 0.05) is 51.5 Å². The number of nitrogens with one attached hydrogen (secondary N) is 1. The van der Waals surface area contributed by atoms with Crippen LogP contribution in [0.25, 0.3) is 0 Å². The molecule has 1 unspecified atom stereocenters. The second kappa shape index (κ2) is 5.44. The summed E-state index contributed by atoms with van der Waals surface area (Å²) >= 11 is 0. The zero-order chi connectivity index (χ0) is 13.9. The maximum absolute atomic E-state index is 12.3. The molecule has 3 heterocycles. The van der Waals surface area contributed by atoms with Gasteiger partial charge in [-0.05, 0) is 6.07 Å². The number of rotatable bonds is 2. The lowest BCUT2D eigenvalue weighted by atomic mass is 10.1. The number of carbonyl (C=O) groups is 2. The van der Waals surface area contributed by atoms with Gasteiger partial charge in [0.15, 0.2) is 0 Å². The number of piperazine rings is 1. The van der Waals surface area contributed by atoms with Gasteiger partial charge in [-0.2, -0.15) is 0 Å². The minimum atomic E-state index is -0.193. The van der Waals surface area contributed by atoms with E-state index in [0.717, 1.165) is 13.1 Å². The molecular formula is C13H17N5O2. The third-order valence-corrected chi connectivity index (χ3v) is 3.75. The van der Waals surface area contributed by atoms with Crippen molar-refractivity contribution in [3.8, 4) is 0 Å². The van der Waals surface area contributed by atoms with E-state index in [1.807, 2.05) is 4.90 Å². The monoisotopic (exact) mass is 275 g/mol. The fourth-order valence-electron chi connectivity index (χ4n) is 2.62. The maximum Gasteiger partial charge on any atom is 0.228 e. The predicted octanol–water partition coefficient (Wildman–Crippen LogP) is -0.739. The van der Waals surface area contributed by atoms with Crippen LogP contribution in [-0.2, 0) is 9.59 Å². The van der Waals surface area contributed by atoms with Gasteiger partial charge in [0.25, 0.3) is 0 Å². The first-order valence-electron chi connectivity index (χ1n) is 6.81. The number of hydrogen-bond acceptors (Lipinski definition) is 5. The third-order valence-electron chi connectivity index (χ3n) is 3.75. The lowest BCUT2D eigenvalue weighted by Crippen LogP contribution is -2.51. The van der Waals surface area contributed by atoms with Crippen LogP contribution < -0.4 is 10.2 Å². The first-order valence-corrected chi connectivity index (χ1v) is 6.81. The molecule has 1 aromatic heterocycles. The van der Waals surface area contributed by atoms with Crippen LogP contribution in [0, 0.1) is 5.92 Å². The number of aromatic nitrogens is 2. The van der Waals surface area contributed by atoms with Crippen LogP contribution in [0.1, 0.15) is 6.42 Å². The van der Waals surface area contributed by atoms with Crippen molar-refractivity contribution < 1.29 is 9.59 Å². The Morgan fingerprint density at radius 2 is 1.90 bits per heavy atom. The van der Waals surface area contributed by atoms with Gasteiger partial charge in [-0.1, -0.05) is 0 Å². The van der Waals surface area contributed by atoms with Crippen molar-refractivity contribution in [2.45, 2.75) is 6.42 Å². The van der Waals surface area contributed by atoms with Crippen molar-refractivity contribution in [2.75, 3.05) is 37.6 Å². The van der Waals surface area contributed by atoms with E-state index in [1.165, 1.54) is 0 Å². The zero-order valence-electron chi connectivity index (χ0n) is 11.2. The van der Waals surface area contributed by atoms with Gasteiger partial charge < -0.3 is 15.1 Å². The Morgan fingerprint density at radius 3 is 2.50 bits per heavy atom.